The lowest BCUT2D eigenvalue weighted by atomic mass is 10.0. The molecule has 10 nitrogen and oxygen atoms in total. The number of rotatable bonds is 10. The summed E-state index contributed by atoms with van der Waals surface area (Å²) in [6, 6.07) is 10.0. The van der Waals surface area contributed by atoms with Gasteiger partial charge in [0.2, 0.25) is 0 Å². The third-order valence-corrected chi connectivity index (χ3v) is 7.43. The van der Waals surface area contributed by atoms with E-state index in [1.165, 1.54) is 37.7 Å². The second-order valence-corrected chi connectivity index (χ2v) is 10.7. The Morgan fingerprint density at radius 2 is 1.40 bits per heavy atom. The third-order valence-electron chi connectivity index (χ3n) is 6.05. The van der Waals surface area contributed by atoms with Crippen LogP contribution < -0.4 is 9.21 Å². The Morgan fingerprint density at radius 1 is 0.825 bits per heavy atom. The molecule has 0 spiro atoms. The summed E-state index contributed by atoms with van der Waals surface area (Å²) in [4.78, 5) is 47.9. The first-order chi connectivity index (χ1) is 19.0. The molecule has 0 saturated carbocycles. The Hall–Kier alpha value is -3.54. The predicted octanol–water partition coefficient (Wildman–Crippen LogP) is 2.24. The van der Waals surface area contributed by atoms with E-state index in [1.54, 1.807) is 12.4 Å². The summed E-state index contributed by atoms with van der Waals surface area (Å²) in [6.45, 7) is 6.75. The van der Waals surface area contributed by atoms with Crippen LogP contribution in [0.2, 0.25) is 0 Å². The molecular weight excluding hydrogens is 537 g/mol. The van der Waals surface area contributed by atoms with Crippen LogP contribution >= 0.6 is 11.8 Å². The molecule has 0 unspecified atom stereocenters. The number of aryl methyl sites for hydroxylation is 1. The monoisotopic (exact) mass is 570 g/mol. The molecule has 0 bridgehead atoms. The van der Waals surface area contributed by atoms with Crippen LogP contribution in [0.3, 0.4) is 0 Å². The lowest BCUT2D eigenvalue weighted by Crippen LogP contribution is -2.59. The Labute approximate surface area is 239 Å². The van der Waals surface area contributed by atoms with Gasteiger partial charge in [-0.15, -0.1) is 11.8 Å². The molecular formula is C28H33BNO9S+. The lowest BCUT2D eigenvalue weighted by molar-refractivity contribution is -0.522. The van der Waals surface area contributed by atoms with Crippen LogP contribution in [0.15, 0.2) is 42.7 Å². The highest BCUT2D eigenvalue weighted by Crippen LogP contribution is 2.40. The number of thioether (sulfide) groups is 1. The molecule has 3 rings (SSSR count). The van der Waals surface area contributed by atoms with E-state index in [2.05, 4.69) is 19.1 Å². The van der Waals surface area contributed by atoms with E-state index >= 15 is 0 Å². The number of esters is 4. The van der Waals surface area contributed by atoms with Gasteiger partial charge in [-0.3, -0.25) is 23.7 Å². The van der Waals surface area contributed by atoms with Crippen molar-refractivity contribution in [3.8, 4) is 5.75 Å². The molecule has 1 saturated heterocycles. The standard InChI is InChI=1S/C28H33BNO9S/c1-6-20-7-9-21(10-8-20)13-22-11-12-30(29)14-23(22)39-28-27(38-19(5)34)26(37-18(4)33)25(36-17(3)32)24(40-28)15-35-16(2)31/h7-12,14,24-28H,6,13,15H2,1-5H3/q+1/t24-,25-,26+,27-,28-/m1/s1. The van der Waals surface area contributed by atoms with Crippen molar-refractivity contribution in [3.63, 3.8) is 0 Å². The Morgan fingerprint density at radius 3 is 1.98 bits per heavy atom. The number of hydrogen-bond donors (Lipinski definition) is 0. The molecule has 2 heterocycles. The minimum absolute atomic E-state index is 0.176. The van der Waals surface area contributed by atoms with E-state index in [0.717, 1.165) is 29.3 Å². The highest BCUT2D eigenvalue weighted by atomic mass is 32.2. The molecule has 2 aromatic rings. The maximum atomic E-state index is 12.2. The zero-order valence-corrected chi connectivity index (χ0v) is 24.0. The minimum Gasteiger partial charge on any atom is -0.469 e. The highest BCUT2D eigenvalue weighted by Gasteiger charge is 2.53. The zero-order chi connectivity index (χ0) is 29.4. The van der Waals surface area contributed by atoms with Crippen LogP contribution in [0.25, 0.3) is 0 Å². The fourth-order valence-electron chi connectivity index (χ4n) is 4.29. The molecule has 1 aliphatic rings. The van der Waals surface area contributed by atoms with Crippen LogP contribution in [0.5, 0.6) is 5.75 Å². The lowest BCUT2D eigenvalue weighted by Gasteiger charge is -2.43. The molecule has 40 heavy (non-hydrogen) atoms. The molecule has 0 amide bonds. The van der Waals surface area contributed by atoms with Gasteiger partial charge in [-0.05, 0) is 17.5 Å². The Balaban J connectivity index is 2.01. The van der Waals surface area contributed by atoms with E-state index < -0.39 is 52.9 Å². The van der Waals surface area contributed by atoms with Crippen molar-refractivity contribution in [2.45, 2.75) is 76.5 Å². The van der Waals surface area contributed by atoms with Crippen molar-refractivity contribution >= 4 is 43.6 Å². The molecule has 212 valence electrons. The molecule has 2 radical (unpaired) electrons. The predicted molar refractivity (Wildman–Crippen MR) is 146 cm³/mol. The van der Waals surface area contributed by atoms with Gasteiger partial charge < -0.3 is 23.7 Å². The van der Waals surface area contributed by atoms with Gasteiger partial charge in [0.1, 0.15) is 12.8 Å². The smallest absolute Gasteiger partial charge is 0.469 e. The van der Waals surface area contributed by atoms with Crippen molar-refractivity contribution in [2.24, 2.45) is 0 Å². The number of aromatic nitrogens is 1. The van der Waals surface area contributed by atoms with E-state index in [1.807, 2.05) is 18.2 Å². The summed E-state index contributed by atoms with van der Waals surface area (Å²) in [6.07, 6.45) is 1.21. The van der Waals surface area contributed by atoms with Crippen molar-refractivity contribution < 1.29 is 47.3 Å². The Kier molecular flexibility index (Phi) is 11.0. The largest absolute Gasteiger partial charge is 0.586 e. The fraction of sp³-hybridized carbons (Fsp3) is 0.464. The maximum absolute atomic E-state index is 12.2. The normalized spacial score (nSPS) is 22.1. The molecule has 1 fully saturated rings. The van der Waals surface area contributed by atoms with Crippen LogP contribution in [-0.2, 0) is 51.0 Å². The first-order valence-corrected chi connectivity index (χ1v) is 13.7. The van der Waals surface area contributed by atoms with Gasteiger partial charge in [0.15, 0.2) is 35.7 Å². The summed E-state index contributed by atoms with van der Waals surface area (Å²) < 4.78 is 29.6. The van der Waals surface area contributed by atoms with Crippen LogP contribution in [-0.4, -0.2) is 67.5 Å². The number of pyridine rings is 1. The van der Waals surface area contributed by atoms with Gasteiger partial charge in [-0.1, -0.05) is 31.2 Å². The number of carbonyl (C=O) groups is 4. The van der Waals surface area contributed by atoms with Gasteiger partial charge in [0.25, 0.3) is 0 Å². The molecule has 1 aliphatic heterocycles. The van der Waals surface area contributed by atoms with E-state index in [9.17, 15) is 19.2 Å². The SMILES string of the molecule is [B][n+]1ccc(Cc2ccc(CC)cc2)c(O[C@@H]2S[C@H](COC(C)=O)[C@@H](OC(C)=O)[C@H](OC(C)=O)[C@H]2OC(C)=O)c1. The van der Waals surface area contributed by atoms with Gasteiger partial charge >= 0.3 is 31.9 Å². The third kappa shape index (κ3) is 8.74. The number of nitrogens with zero attached hydrogens (tertiary/aromatic N) is 1. The van der Waals surface area contributed by atoms with Crippen molar-refractivity contribution in [3.05, 3.63) is 59.4 Å². The molecule has 0 N–H and O–H groups in total. The van der Waals surface area contributed by atoms with Crippen molar-refractivity contribution in [1.29, 1.82) is 0 Å². The average molecular weight is 570 g/mol. The topological polar surface area (TPSA) is 118 Å². The van der Waals surface area contributed by atoms with E-state index in [-0.39, 0.29) is 6.61 Å². The molecule has 1 aromatic heterocycles. The van der Waals surface area contributed by atoms with E-state index in [0.29, 0.717) is 12.2 Å². The number of benzene rings is 1. The molecule has 1 aromatic carbocycles. The first kappa shape index (κ1) is 31.0. The number of hydrogen-bond acceptors (Lipinski definition) is 10. The summed E-state index contributed by atoms with van der Waals surface area (Å²) in [5, 5.41) is -0.715. The zero-order valence-electron chi connectivity index (χ0n) is 23.2. The number of carbonyl (C=O) groups excluding carboxylic acids is 4. The molecule has 12 heteroatoms. The quantitative estimate of drug-likeness (QED) is 0.239. The number of ether oxygens (including phenoxy) is 5. The van der Waals surface area contributed by atoms with Gasteiger partial charge in [0, 0.05) is 45.7 Å². The van der Waals surface area contributed by atoms with Gasteiger partial charge in [-0.2, -0.15) is 0 Å². The summed E-state index contributed by atoms with van der Waals surface area (Å²) in [5.74, 6) is -2.14. The van der Waals surface area contributed by atoms with Crippen molar-refractivity contribution in [1.82, 2.24) is 0 Å². The Bertz CT molecular complexity index is 1220. The minimum atomic E-state index is -1.24. The summed E-state index contributed by atoms with van der Waals surface area (Å²) in [5.41, 5.74) is 2.11. The highest BCUT2D eigenvalue weighted by molar-refractivity contribution is 8.00. The fourth-order valence-corrected chi connectivity index (χ4v) is 5.67. The van der Waals surface area contributed by atoms with E-state index in [4.69, 9.17) is 31.7 Å². The molecule has 5 atom stereocenters. The maximum Gasteiger partial charge on any atom is 0.586 e. The molecule has 0 aliphatic carbocycles. The van der Waals surface area contributed by atoms with Crippen LogP contribution in [0, 0.1) is 0 Å². The van der Waals surface area contributed by atoms with Gasteiger partial charge in [-0.25, -0.2) is 0 Å². The van der Waals surface area contributed by atoms with Crippen LogP contribution in [0.1, 0.15) is 51.3 Å². The second kappa shape index (κ2) is 14.2. The first-order valence-electron chi connectivity index (χ1n) is 12.8. The summed E-state index contributed by atoms with van der Waals surface area (Å²) in [7, 11) is 6.02. The van der Waals surface area contributed by atoms with Gasteiger partial charge in [0.05, 0.1) is 5.25 Å². The average Bonchev–Trinajstić information content (AvgIpc) is 2.87. The second-order valence-electron chi connectivity index (χ2n) is 9.31. The van der Waals surface area contributed by atoms with Crippen molar-refractivity contribution in [2.75, 3.05) is 6.61 Å². The summed E-state index contributed by atoms with van der Waals surface area (Å²) >= 11 is 1.13. The van der Waals surface area contributed by atoms with Crippen LogP contribution in [0.4, 0.5) is 0 Å².